The fourth-order valence-corrected chi connectivity index (χ4v) is 5.86. The molecule has 0 saturated carbocycles. The SMILES string of the molecule is O=C(N[C@H]1CNC[C@@H]1F)C1Sc2nccc3c2C1NC(=O)N3c1ccc(Oc2ccccc2)cc1. The fraction of sp³-hybridized carbons (Fsp3) is 0.240. The van der Waals surface area contributed by atoms with Crippen LogP contribution in [-0.2, 0) is 4.79 Å². The Morgan fingerprint density at radius 3 is 2.60 bits per heavy atom. The Kier molecular flexibility index (Phi) is 5.54. The zero-order valence-electron chi connectivity index (χ0n) is 18.5. The van der Waals surface area contributed by atoms with Gasteiger partial charge in [-0.05, 0) is 42.5 Å². The summed E-state index contributed by atoms with van der Waals surface area (Å²) in [6.45, 7) is 0.606. The minimum Gasteiger partial charge on any atom is -0.457 e. The molecular weight excluding hydrogens is 469 g/mol. The lowest BCUT2D eigenvalue weighted by Crippen LogP contribution is -2.51. The van der Waals surface area contributed by atoms with Gasteiger partial charge in [-0.2, -0.15) is 0 Å². The quantitative estimate of drug-likeness (QED) is 0.504. The first kappa shape index (κ1) is 21.9. The number of anilines is 2. The van der Waals surface area contributed by atoms with Crippen LogP contribution in [0.4, 0.5) is 20.6 Å². The summed E-state index contributed by atoms with van der Waals surface area (Å²) in [7, 11) is 0. The van der Waals surface area contributed by atoms with E-state index in [9.17, 15) is 14.0 Å². The Bertz CT molecular complexity index is 1280. The van der Waals surface area contributed by atoms with Crippen LogP contribution in [0.3, 0.4) is 0 Å². The largest absolute Gasteiger partial charge is 0.457 e. The molecule has 3 aliphatic heterocycles. The topological polar surface area (TPSA) is 95.6 Å². The number of ether oxygens (including phenoxy) is 1. The van der Waals surface area contributed by atoms with E-state index < -0.39 is 23.5 Å². The van der Waals surface area contributed by atoms with Crippen LogP contribution in [0.5, 0.6) is 11.5 Å². The molecule has 4 heterocycles. The number of aromatic nitrogens is 1. The van der Waals surface area contributed by atoms with E-state index in [2.05, 4.69) is 20.9 Å². The fourth-order valence-electron chi connectivity index (χ4n) is 4.62. The summed E-state index contributed by atoms with van der Waals surface area (Å²) in [5.41, 5.74) is 2.13. The average Bonchev–Trinajstić information content (AvgIpc) is 3.44. The molecule has 178 valence electrons. The van der Waals surface area contributed by atoms with Gasteiger partial charge in [0.05, 0.1) is 23.5 Å². The maximum Gasteiger partial charge on any atom is 0.327 e. The van der Waals surface area contributed by atoms with Gasteiger partial charge in [-0.15, -0.1) is 0 Å². The average molecular weight is 492 g/mol. The third-order valence-electron chi connectivity index (χ3n) is 6.31. The summed E-state index contributed by atoms with van der Waals surface area (Å²) >= 11 is 1.29. The minimum absolute atomic E-state index is 0.221. The van der Waals surface area contributed by atoms with Crippen molar-refractivity contribution in [1.82, 2.24) is 20.9 Å². The summed E-state index contributed by atoms with van der Waals surface area (Å²) in [4.78, 5) is 32.3. The van der Waals surface area contributed by atoms with Crippen LogP contribution in [0.2, 0.25) is 0 Å². The van der Waals surface area contributed by atoms with Gasteiger partial charge in [0.15, 0.2) is 0 Å². The van der Waals surface area contributed by atoms with Crippen molar-refractivity contribution in [3.8, 4) is 11.5 Å². The second-order valence-electron chi connectivity index (χ2n) is 8.55. The zero-order valence-corrected chi connectivity index (χ0v) is 19.3. The van der Waals surface area contributed by atoms with Gasteiger partial charge in [-0.1, -0.05) is 30.0 Å². The maximum absolute atomic E-state index is 14.0. The number of benzene rings is 2. The highest BCUT2D eigenvalue weighted by atomic mass is 32.2. The smallest absolute Gasteiger partial charge is 0.327 e. The number of carbonyl (C=O) groups excluding carboxylic acids is 2. The summed E-state index contributed by atoms with van der Waals surface area (Å²) in [5, 5.41) is 8.75. The van der Waals surface area contributed by atoms with E-state index in [0.717, 1.165) is 11.3 Å². The molecule has 4 atom stereocenters. The number of thioether (sulfide) groups is 1. The van der Waals surface area contributed by atoms with Crippen molar-refractivity contribution >= 4 is 35.1 Å². The number of nitrogens with zero attached hydrogens (tertiary/aromatic N) is 2. The van der Waals surface area contributed by atoms with Crippen LogP contribution < -0.4 is 25.6 Å². The molecule has 10 heteroatoms. The first-order chi connectivity index (χ1) is 17.1. The molecule has 1 saturated heterocycles. The van der Waals surface area contributed by atoms with Gasteiger partial charge in [-0.3, -0.25) is 9.69 Å². The second kappa shape index (κ2) is 8.86. The normalized spacial score (nSPS) is 24.6. The van der Waals surface area contributed by atoms with Crippen LogP contribution in [-0.4, -0.2) is 47.5 Å². The number of nitrogens with one attached hydrogen (secondary N) is 3. The summed E-state index contributed by atoms with van der Waals surface area (Å²) in [6.07, 6.45) is 0.502. The summed E-state index contributed by atoms with van der Waals surface area (Å²) in [5.74, 6) is 1.06. The summed E-state index contributed by atoms with van der Waals surface area (Å²) < 4.78 is 19.9. The summed E-state index contributed by atoms with van der Waals surface area (Å²) in [6, 6.07) is 17.0. The van der Waals surface area contributed by atoms with Gasteiger partial charge in [-0.25, -0.2) is 14.2 Å². The van der Waals surface area contributed by atoms with E-state index in [-0.39, 0.29) is 18.5 Å². The second-order valence-corrected chi connectivity index (χ2v) is 9.68. The lowest BCUT2D eigenvalue weighted by atomic mass is 9.99. The van der Waals surface area contributed by atoms with Gasteiger partial charge in [0.1, 0.15) is 27.9 Å². The molecule has 6 rings (SSSR count). The predicted molar refractivity (Wildman–Crippen MR) is 130 cm³/mol. The van der Waals surface area contributed by atoms with Crippen molar-refractivity contribution in [2.24, 2.45) is 0 Å². The maximum atomic E-state index is 14.0. The Labute approximate surface area is 205 Å². The van der Waals surface area contributed by atoms with Crippen LogP contribution in [0, 0.1) is 0 Å². The molecule has 0 bridgehead atoms. The van der Waals surface area contributed by atoms with Gasteiger partial charge in [0, 0.05) is 24.8 Å². The van der Waals surface area contributed by atoms with Crippen molar-refractivity contribution < 1.29 is 18.7 Å². The lowest BCUT2D eigenvalue weighted by molar-refractivity contribution is -0.121. The van der Waals surface area contributed by atoms with Crippen molar-refractivity contribution in [1.29, 1.82) is 0 Å². The first-order valence-electron chi connectivity index (χ1n) is 11.3. The number of hydrogen-bond acceptors (Lipinski definition) is 6. The monoisotopic (exact) mass is 491 g/mol. The molecule has 8 nitrogen and oxygen atoms in total. The highest BCUT2D eigenvalue weighted by molar-refractivity contribution is 8.01. The van der Waals surface area contributed by atoms with Gasteiger partial charge in [0.2, 0.25) is 5.91 Å². The number of hydrogen-bond donors (Lipinski definition) is 3. The van der Waals surface area contributed by atoms with Crippen molar-refractivity contribution in [2.75, 3.05) is 18.0 Å². The Morgan fingerprint density at radius 2 is 1.86 bits per heavy atom. The van der Waals surface area contributed by atoms with Crippen LogP contribution in [0.15, 0.2) is 71.9 Å². The van der Waals surface area contributed by atoms with E-state index in [4.69, 9.17) is 4.74 Å². The highest BCUT2D eigenvalue weighted by Gasteiger charge is 2.47. The van der Waals surface area contributed by atoms with Crippen LogP contribution >= 0.6 is 11.8 Å². The molecular formula is C25H22FN5O3S. The number of carbonyl (C=O) groups is 2. The molecule has 3 aliphatic rings. The predicted octanol–water partition coefficient (Wildman–Crippen LogP) is 3.68. The van der Waals surface area contributed by atoms with Crippen molar-refractivity contribution in [2.45, 2.75) is 28.5 Å². The Morgan fingerprint density at radius 1 is 1.09 bits per heavy atom. The molecule has 2 aromatic carbocycles. The number of alkyl halides is 1. The first-order valence-corrected chi connectivity index (χ1v) is 12.2. The number of urea groups is 1. The Balaban J connectivity index is 1.25. The lowest BCUT2D eigenvalue weighted by Gasteiger charge is -2.34. The molecule has 3 N–H and O–H groups in total. The Hall–Kier alpha value is -3.63. The molecule has 35 heavy (non-hydrogen) atoms. The van der Waals surface area contributed by atoms with E-state index in [1.54, 1.807) is 29.3 Å². The molecule has 0 spiro atoms. The number of para-hydroxylation sites is 1. The minimum atomic E-state index is -1.13. The van der Waals surface area contributed by atoms with E-state index in [1.165, 1.54) is 11.8 Å². The number of amides is 3. The molecule has 1 aromatic heterocycles. The van der Waals surface area contributed by atoms with Crippen molar-refractivity contribution in [3.05, 3.63) is 72.4 Å². The molecule has 1 fully saturated rings. The third kappa shape index (κ3) is 3.98. The van der Waals surface area contributed by atoms with Gasteiger partial charge in [0.25, 0.3) is 0 Å². The molecule has 0 radical (unpaired) electrons. The third-order valence-corrected chi connectivity index (χ3v) is 7.59. The van der Waals surface area contributed by atoms with Crippen LogP contribution in [0.25, 0.3) is 0 Å². The number of halogens is 1. The number of rotatable bonds is 5. The standard InChI is InChI=1S/C25H22FN5O3S/c26-17-12-27-13-18(17)29-23(32)22-21-20-19(10-11-28-24(20)35-22)31(25(33)30-21)14-6-8-16(9-7-14)34-15-4-2-1-3-5-15/h1-11,17-18,21-22,27H,12-13H2,(H,29,32)(H,30,33)/t17-,18-,21?,22?/m0/s1. The van der Waals surface area contributed by atoms with Gasteiger partial charge < -0.3 is 20.7 Å². The van der Waals surface area contributed by atoms with Crippen molar-refractivity contribution in [3.63, 3.8) is 0 Å². The molecule has 3 aromatic rings. The highest BCUT2D eigenvalue weighted by Crippen LogP contribution is 2.50. The molecule has 0 aliphatic carbocycles. The van der Waals surface area contributed by atoms with E-state index >= 15 is 0 Å². The zero-order chi connectivity index (χ0) is 23.9. The molecule has 2 unspecified atom stereocenters. The van der Waals surface area contributed by atoms with E-state index in [0.29, 0.717) is 28.7 Å². The molecule has 3 amide bonds. The number of pyridine rings is 1. The van der Waals surface area contributed by atoms with Crippen LogP contribution in [0.1, 0.15) is 11.6 Å². The van der Waals surface area contributed by atoms with E-state index in [1.807, 2.05) is 42.5 Å². The van der Waals surface area contributed by atoms with Gasteiger partial charge >= 0.3 is 6.03 Å².